The molecule has 0 radical (unpaired) electrons. The van der Waals surface area contributed by atoms with Gasteiger partial charge in [0.05, 0.1) is 12.8 Å². The summed E-state index contributed by atoms with van der Waals surface area (Å²) in [6.45, 7) is 2.02. The lowest BCUT2D eigenvalue weighted by atomic mass is 10.1. The SMILES string of the molecule is COc1ccc(-c2n[nH]cc2CN(C)CCN)c(F)c1. The maximum absolute atomic E-state index is 14.1. The van der Waals surface area contributed by atoms with Crippen LogP contribution in [0.15, 0.2) is 24.4 Å². The maximum Gasteiger partial charge on any atom is 0.136 e. The molecule has 0 aliphatic rings. The van der Waals surface area contributed by atoms with Crippen LogP contribution >= 0.6 is 0 Å². The molecule has 6 heteroatoms. The van der Waals surface area contributed by atoms with Crippen molar-refractivity contribution in [2.75, 3.05) is 27.2 Å². The number of ether oxygens (including phenoxy) is 1. The largest absolute Gasteiger partial charge is 0.497 e. The second kappa shape index (κ2) is 6.49. The Bertz CT molecular complexity index is 570. The molecule has 0 atom stereocenters. The molecule has 20 heavy (non-hydrogen) atoms. The molecule has 0 saturated carbocycles. The first kappa shape index (κ1) is 14.5. The van der Waals surface area contributed by atoms with Crippen LogP contribution in [0.2, 0.25) is 0 Å². The molecule has 0 unspecified atom stereocenters. The number of nitrogens with two attached hydrogens (primary N) is 1. The molecule has 3 N–H and O–H groups in total. The van der Waals surface area contributed by atoms with Gasteiger partial charge in [0.15, 0.2) is 0 Å². The van der Waals surface area contributed by atoms with E-state index >= 15 is 0 Å². The number of hydrogen-bond acceptors (Lipinski definition) is 4. The van der Waals surface area contributed by atoms with Crippen molar-refractivity contribution in [3.8, 4) is 17.0 Å². The van der Waals surface area contributed by atoms with Gasteiger partial charge in [-0.2, -0.15) is 5.10 Å². The monoisotopic (exact) mass is 278 g/mol. The van der Waals surface area contributed by atoms with E-state index in [9.17, 15) is 4.39 Å². The van der Waals surface area contributed by atoms with Crippen LogP contribution < -0.4 is 10.5 Å². The highest BCUT2D eigenvalue weighted by atomic mass is 19.1. The van der Waals surface area contributed by atoms with Gasteiger partial charge in [0, 0.05) is 43.0 Å². The van der Waals surface area contributed by atoms with Gasteiger partial charge in [-0.15, -0.1) is 0 Å². The third-order valence-electron chi connectivity index (χ3n) is 3.10. The number of aromatic nitrogens is 2. The van der Waals surface area contributed by atoms with Crippen molar-refractivity contribution < 1.29 is 9.13 Å². The van der Waals surface area contributed by atoms with E-state index in [0.717, 1.165) is 12.1 Å². The number of likely N-dealkylation sites (N-methyl/N-ethyl adjacent to an activating group) is 1. The number of halogens is 1. The van der Waals surface area contributed by atoms with Gasteiger partial charge in [-0.05, 0) is 19.2 Å². The van der Waals surface area contributed by atoms with Crippen LogP contribution in [0, 0.1) is 5.82 Å². The number of rotatable bonds is 6. The van der Waals surface area contributed by atoms with Crippen molar-refractivity contribution in [1.82, 2.24) is 15.1 Å². The van der Waals surface area contributed by atoms with E-state index in [1.165, 1.54) is 13.2 Å². The number of methoxy groups -OCH3 is 1. The normalized spacial score (nSPS) is 11.1. The molecule has 0 saturated heterocycles. The van der Waals surface area contributed by atoms with Gasteiger partial charge in [0.25, 0.3) is 0 Å². The third kappa shape index (κ3) is 3.15. The first-order chi connectivity index (χ1) is 9.65. The molecule has 1 aromatic carbocycles. The van der Waals surface area contributed by atoms with E-state index < -0.39 is 0 Å². The number of benzene rings is 1. The zero-order valence-electron chi connectivity index (χ0n) is 11.7. The Kier molecular flexibility index (Phi) is 4.70. The molecule has 2 aromatic rings. The Labute approximate surface area is 117 Å². The van der Waals surface area contributed by atoms with Crippen molar-refractivity contribution in [3.63, 3.8) is 0 Å². The van der Waals surface area contributed by atoms with E-state index in [-0.39, 0.29) is 5.82 Å². The lowest BCUT2D eigenvalue weighted by Crippen LogP contribution is -2.25. The first-order valence-electron chi connectivity index (χ1n) is 6.41. The fourth-order valence-corrected chi connectivity index (χ4v) is 2.07. The molecule has 0 aliphatic carbocycles. The molecule has 0 aliphatic heterocycles. The molecule has 1 aromatic heterocycles. The van der Waals surface area contributed by atoms with Gasteiger partial charge in [0.2, 0.25) is 0 Å². The fraction of sp³-hybridized carbons (Fsp3) is 0.357. The summed E-state index contributed by atoms with van der Waals surface area (Å²) in [5.41, 5.74) is 7.54. The van der Waals surface area contributed by atoms with E-state index in [1.807, 2.05) is 7.05 Å². The highest BCUT2D eigenvalue weighted by molar-refractivity contribution is 5.64. The van der Waals surface area contributed by atoms with Crippen LogP contribution in [-0.2, 0) is 6.54 Å². The molecule has 5 nitrogen and oxygen atoms in total. The summed E-state index contributed by atoms with van der Waals surface area (Å²) in [5, 5.41) is 6.95. The van der Waals surface area contributed by atoms with Crippen molar-refractivity contribution >= 4 is 0 Å². The van der Waals surface area contributed by atoms with Crippen molar-refractivity contribution in [2.24, 2.45) is 5.73 Å². The number of nitrogens with one attached hydrogen (secondary N) is 1. The Morgan fingerprint density at radius 3 is 2.90 bits per heavy atom. The Morgan fingerprint density at radius 2 is 2.25 bits per heavy atom. The minimum atomic E-state index is -0.348. The van der Waals surface area contributed by atoms with Crippen molar-refractivity contribution in [1.29, 1.82) is 0 Å². The second-order valence-corrected chi connectivity index (χ2v) is 4.63. The zero-order chi connectivity index (χ0) is 14.5. The quantitative estimate of drug-likeness (QED) is 0.842. The minimum Gasteiger partial charge on any atom is -0.497 e. The van der Waals surface area contributed by atoms with Crippen LogP contribution in [0.25, 0.3) is 11.3 Å². The Hall–Kier alpha value is -1.92. The standard InChI is InChI=1S/C14H19FN4O/c1-19(6-5-16)9-10-8-17-18-14(10)12-4-3-11(20-2)7-13(12)15/h3-4,7-8H,5-6,9,16H2,1-2H3,(H,17,18). The van der Waals surface area contributed by atoms with Gasteiger partial charge >= 0.3 is 0 Å². The summed E-state index contributed by atoms with van der Waals surface area (Å²) in [5.74, 6) is 0.141. The summed E-state index contributed by atoms with van der Waals surface area (Å²) in [6, 6.07) is 4.76. The van der Waals surface area contributed by atoms with Crippen LogP contribution in [0.4, 0.5) is 4.39 Å². The van der Waals surface area contributed by atoms with Gasteiger partial charge in [-0.3, -0.25) is 5.10 Å². The molecule has 0 spiro atoms. The fourth-order valence-electron chi connectivity index (χ4n) is 2.07. The Balaban J connectivity index is 2.27. The van der Waals surface area contributed by atoms with E-state index in [0.29, 0.717) is 30.1 Å². The lowest BCUT2D eigenvalue weighted by molar-refractivity contribution is 0.337. The molecule has 0 bridgehead atoms. The van der Waals surface area contributed by atoms with Gasteiger partial charge < -0.3 is 15.4 Å². The predicted molar refractivity (Wildman–Crippen MR) is 75.9 cm³/mol. The van der Waals surface area contributed by atoms with Crippen LogP contribution in [0.1, 0.15) is 5.56 Å². The summed E-state index contributed by atoms with van der Waals surface area (Å²) in [7, 11) is 3.48. The zero-order valence-corrected chi connectivity index (χ0v) is 11.7. The first-order valence-corrected chi connectivity index (χ1v) is 6.41. The molecule has 0 fully saturated rings. The predicted octanol–water partition coefficient (Wildman–Crippen LogP) is 1.61. The van der Waals surface area contributed by atoms with Gasteiger partial charge in [-0.1, -0.05) is 0 Å². The molecular formula is C14H19FN4O. The third-order valence-corrected chi connectivity index (χ3v) is 3.10. The second-order valence-electron chi connectivity index (χ2n) is 4.63. The molecule has 2 rings (SSSR count). The topological polar surface area (TPSA) is 67.2 Å². The molecule has 108 valence electrons. The Morgan fingerprint density at radius 1 is 1.45 bits per heavy atom. The van der Waals surface area contributed by atoms with Crippen molar-refractivity contribution in [3.05, 3.63) is 35.8 Å². The smallest absolute Gasteiger partial charge is 0.136 e. The van der Waals surface area contributed by atoms with E-state index in [1.54, 1.807) is 18.3 Å². The number of hydrogen-bond donors (Lipinski definition) is 2. The van der Waals surface area contributed by atoms with Gasteiger partial charge in [0.1, 0.15) is 11.6 Å². The van der Waals surface area contributed by atoms with E-state index in [2.05, 4.69) is 15.1 Å². The molecule has 1 heterocycles. The summed E-state index contributed by atoms with van der Waals surface area (Å²) in [6.07, 6.45) is 1.78. The number of aromatic amines is 1. The highest BCUT2D eigenvalue weighted by Crippen LogP contribution is 2.27. The summed E-state index contributed by atoms with van der Waals surface area (Å²) >= 11 is 0. The minimum absolute atomic E-state index is 0.348. The molecular weight excluding hydrogens is 259 g/mol. The number of nitrogens with zero attached hydrogens (tertiary/aromatic N) is 2. The molecule has 0 amide bonds. The van der Waals surface area contributed by atoms with Crippen LogP contribution in [0.5, 0.6) is 5.75 Å². The highest BCUT2D eigenvalue weighted by Gasteiger charge is 2.14. The number of H-pyrrole nitrogens is 1. The van der Waals surface area contributed by atoms with Crippen molar-refractivity contribution in [2.45, 2.75) is 6.54 Å². The maximum atomic E-state index is 14.1. The van der Waals surface area contributed by atoms with Gasteiger partial charge in [-0.25, -0.2) is 4.39 Å². The summed E-state index contributed by atoms with van der Waals surface area (Å²) in [4.78, 5) is 2.07. The van der Waals surface area contributed by atoms with Crippen LogP contribution in [0.3, 0.4) is 0 Å². The average molecular weight is 278 g/mol. The lowest BCUT2D eigenvalue weighted by Gasteiger charge is -2.15. The summed E-state index contributed by atoms with van der Waals surface area (Å²) < 4.78 is 19.1. The van der Waals surface area contributed by atoms with Crippen LogP contribution in [-0.4, -0.2) is 42.3 Å². The van der Waals surface area contributed by atoms with E-state index in [4.69, 9.17) is 10.5 Å². The average Bonchev–Trinajstić information content (AvgIpc) is 2.86.